The molecule has 0 aliphatic carbocycles. The Morgan fingerprint density at radius 2 is 2.07 bits per heavy atom. The first-order chi connectivity index (χ1) is 14.5. The van der Waals surface area contributed by atoms with E-state index in [1.807, 2.05) is 37.3 Å². The molecule has 0 radical (unpaired) electrons. The molecule has 0 bridgehead atoms. The van der Waals surface area contributed by atoms with Gasteiger partial charge in [-0.2, -0.15) is 0 Å². The number of para-hydroxylation sites is 2. The third kappa shape index (κ3) is 4.33. The van der Waals surface area contributed by atoms with Crippen LogP contribution >= 0.6 is 15.9 Å². The molecule has 4 rings (SSSR count). The van der Waals surface area contributed by atoms with Crippen molar-refractivity contribution in [1.29, 1.82) is 0 Å². The molecule has 0 saturated carbocycles. The lowest BCUT2D eigenvalue weighted by molar-refractivity contribution is -0.132. The molecule has 2 aromatic carbocycles. The zero-order valence-corrected chi connectivity index (χ0v) is 18.2. The third-order valence-electron chi connectivity index (χ3n) is 5.08. The number of carbonyl (C=O) groups excluding carboxylic acids is 1. The number of likely N-dealkylation sites (N-methyl/N-ethyl adjacent to an activating group) is 1. The fraction of sp³-hybridized carbons (Fsp3) is 0.318. The normalized spacial score (nSPS) is 15.2. The molecule has 1 amide bonds. The van der Waals surface area contributed by atoms with Gasteiger partial charge in [0.05, 0.1) is 23.8 Å². The Hall–Kier alpha value is -2.87. The summed E-state index contributed by atoms with van der Waals surface area (Å²) in [6, 6.07) is 12.9. The molecule has 1 aliphatic heterocycles. The Bertz CT molecular complexity index is 1130. The number of fused-ring (bicyclic) bond motifs is 2. The molecule has 0 N–H and O–H groups in total. The molecule has 30 heavy (non-hydrogen) atoms. The van der Waals surface area contributed by atoms with Crippen LogP contribution in [0.2, 0.25) is 0 Å². The van der Waals surface area contributed by atoms with Gasteiger partial charge in [-0.25, -0.2) is 4.98 Å². The van der Waals surface area contributed by atoms with Crippen molar-refractivity contribution in [3.05, 3.63) is 63.6 Å². The molecule has 1 atom stereocenters. The number of carbonyl (C=O) groups is 1. The summed E-state index contributed by atoms with van der Waals surface area (Å²) < 4.78 is 14.0. The lowest BCUT2D eigenvalue weighted by atomic mass is 10.2. The zero-order valence-electron chi connectivity index (χ0n) is 16.6. The van der Waals surface area contributed by atoms with Gasteiger partial charge in [-0.05, 0) is 37.3 Å². The largest absolute Gasteiger partial charge is 0.486 e. The van der Waals surface area contributed by atoms with Crippen molar-refractivity contribution in [3.63, 3.8) is 0 Å². The molecule has 2 heterocycles. The number of aromatic nitrogens is 2. The van der Waals surface area contributed by atoms with Crippen LogP contribution in [0.3, 0.4) is 0 Å². The molecule has 1 unspecified atom stereocenters. The number of rotatable bonds is 6. The van der Waals surface area contributed by atoms with Crippen molar-refractivity contribution in [3.8, 4) is 11.5 Å². The van der Waals surface area contributed by atoms with Crippen LogP contribution in [0.15, 0.2) is 58.1 Å². The summed E-state index contributed by atoms with van der Waals surface area (Å²) in [6.45, 7) is 3.58. The van der Waals surface area contributed by atoms with Crippen LogP contribution in [0.1, 0.15) is 13.3 Å². The first-order valence-electron chi connectivity index (χ1n) is 9.86. The summed E-state index contributed by atoms with van der Waals surface area (Å²) in [4.78, 5) is 31.5. The van der Waals surface area contributed by atoms with Crippen molar-refractivity contribution >= 4 is 32.7 Å². The van der Waals surface area contributed by atoms with E-state index in [4.69, 9.17) is 9.47 Å². The van der Waals surface area contributed by atoms with Crippen LogP contribution in [-0.2, 0) is 11.3 Å². The van der Waals surface area contributed by atoms with Crippen molar-refractivity contribution in [2.45, 2.75) is 26.0 Å². The van der Waals surface area contributed by atoms with Gasteiger partial charge in [0, 0.05) is 24.0 Å². The van der Waals surface area contributed by atoms with E-state index in [9.17, 15) is 9.59 Å². The number of nitrogens with zero attached hydrogens (tertiary/aromatic N) is 3. The first-order valence-corrected chi connectivity index (χ1v) is 10.7. The number of halogens is 1. The molecule has 0 spiro atoms. The monoisotopic (exact) mass is 471 g/mol. The quantitative estimate of drug-likeness (QED) is 0.551. The minimum Gasteiger partial charge on any atom is -0.486 e. The predicted octanol–water partition coefficient (Wildman–Crippen LogP) is 3.24. The minimum atomic E-state index is -0.230. The summed E-state index contributed by atoms with van der Waals surface area (Å²) >= 11 is 3.38. The summed E-state index contributed by atoms with van der Waals surface area (Å²) in [5, 5.41) is 0.526. The number of hydrogen-bond donors (Lipinski definition) is 0. The Morgan fingerprint density at radius 3 is 2.87 bits per heavy atom. The maximum absolute atomic E-state index is 12.8. The van der Waals surface area contributed by atoms with Crippen LogP contribution in [0.5, 0.6) is 11.5 Å². The average molecular weight is 472 g/mol. The van der Waals surface area contributed by atoms with E-state index in [1.54, 1.807) is 17.0 Å². The van der Waals surface area contributed by atoms with Crippen LogP contribution in [0.25, 0.3) is 10.9 Å². The highest BCUT2D eigenvalue weighted by Crippen LogP contribution is 2.31. The minimum absolute atomic E-state index is 0.0406. The van der Waals surface area contributed by atoms with Crippen molar-refractivity contribution in [2.24, 2.45) is 0 Å². The Kier molecular flexibility index (Phi) is 6.03. The summed E-state index contributed by atoms with van der Waals surface area (Å²) in [6.07, 6.45) is 1.47. The van der Waals surface area contributed by atoms with Gasteiger partial charge in [-0.3, -0.25) is 14.2 Å². The topological polar surface area (TPSA) is 73.7 Å². The van der Waals surface area contributed by atoms with Crippen LogP contribution in [0, 0.1) is 0 Å². The van der Waals surface area contributed by atoms with E-state index in [-0.39, 0.29) is 30.5 Å². The SMILES string of the molecule is CCN(CC1COc2ccccc2O1)C(=O)CCn1cnc2ccc(Br)cc2c1=O. The third-order valence-corrected chi connectivity index (χ3v) is 5.57. The highest BCUT2D eigenvalue weighted by atomic mass is 79.9. The molecule has 1 aromatic heterocycles. The van der Waals surface area contributed by atoms with Gasteiger partial charge < -0.3 is 14.4 Å². The highest BCUT2D eigenvalue weighted by molar-refractivity contribution is 9.10. The van der Waals surface area contributed by atoms with Gasteiger partial charge >= 0.3 is 0 Å². The molecule has 3 aromatic rings. The van der Waals surface area contributed by atoms with E-state index in [2.05, 4.69) is 20.9 Å². The number of benzene rings is 2. The van der Waals surface area contributed by atoms with Crippen molar-refractivity contribution in [1.82, 2.24) is 14.5 Å². The van der Waals surface area contributed by atoms with Crippen LogP contribution < -0.4 is 15.0 Å². The molecule has 0 fully saturated rings. The molecular formula is C22H22BrN3O4. The lowest BCUT2D eigenvalue weighted by Gasteiger charge is -2.31. The fourth-order valence-electron chi connectivity index (χ4n) is 3.47. The van der Waals surface area contributed by atoms with Crippen molar-refractivity contribution < 1.29 is 14.3 Å². The second-order valence-electron chi connectivity index (χ2n) is 7.08. The Balaban J connectivity index is 1.40. The lowest BCUT2D eigenvalue weighted by Crippen LogP contribution is -2.44. The number of aryl methyl sites for hydroxylation is 1. The summed E-state index contributed by atoms with van der Waals surface area (Å²) in [5.74, 6) is 1.37. The zero-order chi connectivity index (χ0) is 21.1. The van der Waals surface area contributed by atoms with E-state index in [0.717, 1.165) is 10.2 Å². The fourth-order valence-corrected chi connectivity index (χ4v) is 3.83. The summed E-state index contributed by atoms with van der Waals surface area (Å²) in [7, 11) is 0. The van der Waals surface area contributed by atoms with Crippen LogP contribution in [0.4, 0.5) is 0 Å². The second kappa shape index (κ2) is 8.87. The Labute approximate surface area is 182 Å². The molecular weight excluding hydrogens is 450 g/mol. The first kappa shape index (κ1) is 20.4. The highest BCUT2D eigenvalue weighted by Gasteiger charge is 2.24. The van der Waals surface area contributed by atoms with Gasteiger partial charge in [-0.15, -0.1) is 0 Å². The van der Waals surface area contributed by atoms with E-state index >= 15 is 0 Å². The standard InChI is InChI=1S/C22H22BrN3O4/c1-2-25(12-16-13-29-19-5-3-4-6-20(19)30-16)21(27)9-10-26-14-24-18-8-7-15(23)11-17(18)22(26)28/h3-8,11,14,16H,2,9-10,12-13H2,1H3. The van der Waals surface area contributed by atoms with Gasteiger partial charge in [0.25, 0.3) is 5.56 Å². The summed E-state index contributed by atoms with van der Waals surface area (Å²) in [5.41, 5.74) is 0.480. The van der Waals surface area contributed by atoms with Crippen LogP contribution in [-0.4, -0.2) is 46.2 Å². The number of hydrogen-bond acceptors (Lipinski definition) is 5. The molecule has 7 nitrogen and oxygen atoms in total. The maximum atomic E-state index is 12.8. The van der Waals surface area contributed by atoms with Gasteiger partial charge in [-0.1, -0.05) is 28.1 Å². The van der Waals surface area contributed by atoms with Crippen molar-refractivity contribution in [2.75, 3.05) is 19.7 Å². The maximum Gasteiger partial charge on any atom is 0.261 e. The van der Waals surface area contributed by atoms with E-state index < -0.39 is 0 Å². The average Bonchev–Trinajstić information content (AvgIpc) is 2.77. The molecule has 0 saturated heterocycles. The smallest absolute Gasteiger partial charge is 0.261 e. The Morgan fingerprint density at radius 1 is 1.27 bits per heavy atom. The van der Waals surface area contributed by atoms with E-state index in [0.29, 0.717) is 36.3 Å². The molecule has 156 valence electrons. The van der Waals surface area contributed by atoms with E-state index in [1.165, 1.54) is 10.9 Å². The van der Waals surface area contributed by atoms with Gasteiger partial charge in [0.15, 0.2) is 17.6 Å². The molecule has 1 aliphatic rings. The van der Waals surface area contributed by atoms with Gasteiger partial charge in [0.2, 0.25) is 5.91 Å². The predicted molar refractivity (Wildman–Crippen MR) is 117 cm³/mol. The molecule has 8 heteroatoms. The van der Waals surface area contributed by atoms with Gasteiger partial charge in [0.1, 0.15) is 6.61 Å². The number of amides is 1. The number of ether oxygens (including phenoxy) is 2. The second-order valence-corrected chi connectivity index (χ2v) is 8.00.